The summed E-state index contributed by atoms with van der Waals surface area (Å²) < 4.78 is 0. The number of nitrogens with zero attached hydrogens (tertiary/aromatic N) is 1. The van der Waals surface area contributed by atoms with E-state index in [2.05, 4.69) is 18.0 Å². The molecule has 1 fully saturated rings. The van der Waals surface area contributed by atoms with Gasteiger partial charge in [0.2, 0.25) is 0 Å². The third-order valence-corrected chi connectivity index (χ3v) is 2.04. The van der Waals surface area contributed by atoms with E-state index in [9.17, 15) is 0 Å². The Bertz CT molecular complexity index is 122. The van der Waals surface area contributed by atoms with Crippen molar-refractivity contribution in [3.63, 3.8) is 0 Å². The van der Waals surface area contributed by atoms with Gasteiger partial charge in [-0.1, -0.05) is 12.2 Å². The molecule has 10 heavy (non-hydrogen) atoms. The van der Waals surface area contributed by atoms with Crippen molar-refractivity contribution in [3.8, 4) is 0 Å². The average Bonchev–Trinajstić information content (AvgIpc) is 2.31. The first-order valence-electron chi connectivity index (χ1n) is 3.82. The van der Waals surface area contributed by atoms with Gasteiger partial charge >= 0.3 is 0 Å². The summed E-state index contributed by atoms with van der Waals surface area (Å²) in [7, 11) is 2.12. The molecule has 2 nitrogen and oxygen atoms in total. The largest absolute Gasteiger partial charge is 0.392 e. The molecular weight excluding hydrogens is 126 g/mol. The number of aliphatic hydroxyl groups is 1. The molecule has 1 aliphatic heterocycles. The van der Waals surface area contributed by atoms with Crippen LogP contribution < -0.4 is 0 Å². The van der Waals surface area contributed by atoms with Gasteiger partial charge in [0, 0.05) is 6.04 Å². The lowest BCUT2D eigenvalue weighted by atomic mass is 10.2. The maximum Gasteiger partial charge on any atom is 0.0612 e. The van der Waals surface area contributed by atoms with Gasteiger partial charge in [-0.2, -0.15) is 0 Å². The summed E-state index contributed by atoms with van der Waals surface area (Å²) in [5.41, 5.74) is 0. The molecule has 1 atom stereocenters. The first kappa shape index (κ1) is 7.76. The summed E-state index contributed by atoms with van der Waals surface area (Å²) >= 11 is 0. The van der Waals surface area contributed by atoms with Crippen molar-refractivity contribution in [3.05, 3.63) is 12.2 Å². The van der Waals surface area contributed by atoms with Gasteiger partial charge in [0.05, 0.1) is 6.61 Å². The molecule has 1 heterocycles. The molecule has 0 aromatic heterocycles. The van der Waals surface area contributed by atoms with E-state index < -0.39 is 0 Å². The first-order chi connectivity index (χ1) is 4.84. The maximum atomic E-state index is 8.51. The zero-order chi connectivity index (χ0) is 7.40. The fourth-order valence-corrected chi connectivity index (χ4v) is 1.40. The summed E-state index contributed by atoms with van der Waals surface area (Å²) in [4.78, 5) is 2.31. The van der Waals surface area contributed by atoms with Crippen LogP contribution in [0.1, 0.15) is 12.8 Å². The molecule has 0 aromatic carbocycles. The summed E-state index contributed by atoms with van der Waals surface area (Å²) in [6.45, 7) is 1.37. The molecule has 1 aliphatic rings. The van der Waals surface area contributed by atoms with Crippen LogP contribution in [0, 0.1) is 0 Å². The van der Waals surface area contributed by atoms with Gasteiger partial charge in [0.1, 0.15) is 0 Å². The fourth-order valence-electron chi connectivity index (χ4n) is 1.40. The van der Waals surface area contributed by atoms with Crippen LogP contribution in [0.4, 0.5) is 0 Å². The molecule has 58 valence electrons. The van der Waals surface area contributed by atoms with E-state index in [1.165, 1.54) is 19.4 Å². The highest BCUT2D eigenvalue weighted by atomic mass is 16.2. The highest BCUT2D eigenvalue weighted by Crippen LogP contribution is 2.15. The summed E-state index contributed by atoms with van der Waals surface area (Å²) in [6, 6.07) is 0.576. The van der Waals surface area contributed by atoms with Gasteiger partial charge in [-0.25, -0.2) is 0 Å². The molecule has 0 aliphatic carbocycles. The Labute approximate surface area is 62.2 Å². The smallest absolute Gasteiger partial charge is 0.0612 e. The highest BCUT2D eigenvalue weighted by molar-refractivity contribution is 4.96. The maximum absolute atomic E-state index is 8.51. The Morgan fingerprint density at radius 1 is 1.70 bits per heavy atom. The SMILES string of the molecule is CN1CCC[C@@H]1C=CCO. The van der Waals surface area contributed by atoms with Crippen molar-refractivity contribution < 1.29 is 5.11 Å². The minimum Gasteiger partial charge on any atom is -0.392 e. The van der Waals surface area contributed by atoms with E-state index >= 15 is 0 Å². The van der Waals surface area contributed by atoms with Crippen LogP contribution >= 0.6 is 0 Å². The number of likely N-dealkylation sites (tertiary alicyclic amines) is 1. The fraction of sp³-hybridized carbons (Fsp3) is 0.750. The van der Waals surface area contributed by atoms with Crippen molar-refractivity contribution in [1.29, 1.82) is 0 Å². The minimum atomic E-state index is 0.171. The number of hydrogen-bond donors (Lipinski definition) is 1. The second-order valence-corrected chi connectivity index (χ2v) is 2.80. The topological polar surface area (TPSA) is 23.5 Å². The zero-order valence-corrected chi connectivity index (χ0v) is 6.45. The molecule has 0 unspecified atom stereocenters. The van der Waals surface area contributed by atoms with Crippen LogP contribution in [0.5, 0.6) is 0 Å². The van der Waals surface area contributed by atoms with Gasteiger partial charge in [-0.15, -0.1) is 0 Å². The van der Waals surface area contributed by atoms with Crippen LogP contribution in [0.2, 0.25) is 0 Å². The van der Waals surface area contributed by atoms with E-state index in [4.69, 9.17) is 5.11 Å². The molecule has 0 amide bonds. The standard InChI is InChI=1S/C8H15NO/c1-9-6-2-4-8(9)5-3-7-10/h3,5,8,10H,2,4,6-7H2,1H3/t8-/m1/s1. The number of rotatable bonds is 2. The quantitative estimate of drug-likeness (QED) is 0.570. The Kier molecular flexibility index (Phi) is 2.90. The van der Waals surface area contributed by atoms with Gasteiger partial charge in [-0.05, 0) is 26.4 Å². The minimum absolute atomic E-state index is 0.171. The Morgan fingerprint density at radius 3 is 3.00 bits per heavy atom. The predicted octanol–water partition coefficient (Wildman–Crippen LogP) is 0.629. The van der Waals surface area contributed by atoms with Crippen molar-refractivity contribution in [1.82, 2.24) is 4.90 Å². The molecule has 2 heteroatoms. The third kappa shape index (κ3) is 1.82. The normalized spacial score (nSPS) is 28.4. The molecule has 1 N–H and O–H groups in total. The molecule has 0 bridgehead atoms. The van der Waals surface area contributed by atoms with E-state index in [-0.39, 0.29) is 6.61 Å². The number of likely N-dealkylation sites (N-methyl/N-ethyl adjacent to an activating group) is 1. The molecule has 0 spiro atoms. The molecule has 1 rings (SSSR count). The lowest BCUT2D eigenvalue weighted by molar-refractivity contribution is 0.334. The zero-order valence-electron chi connectivity index (χ0n) is 6.45. The second-order valence-electron chi connectivity index (χ2n) is 2.80. The van der Waals surface area contributed by atoms with Crippen molar-refractivity contribution in [2.75, 3.05) is 20.2 Å². The third-order valence-electron chi connectivity index (χ3n) is 2.04. The predicted molar refractivity (Wildman–Crippen MR) is 41.9 cm³/mol. The molecule has 0 aromatic rings. The van der Waals surface area contributed by atoms with Crippen LogP contribution in [0.15, 0.2) is 12.2 Å². The van der Waals surface area contributed by atoms with Crippen molar-refractivity contribution in [2.24, 2.45) is 0 Å². The lowest BCUT2D eigenvalue weighted by Gasteiger charge is -2.14. The number of aliphatic hydroxyl groups excluding tert-OH is 1. The summed E-state index contributed by atoms with van der Waals surface area (Å²) in [6.07, 6.45) is 6.45. The first-order valence-corrected chi connectivity index (χ1v) is 3.82. The Balaban J connectivity index is 2.33. The lowest BCUT2D eigenvalue weighted by Crippen LogP contribution is -2.22. The summed E-state index contributed by atoms with van der Waals surface area (Å²) in [5.74, 6) is 0. The van der Waals surface area contributed by atoms with E-state index in [0.29, 0.717) is 6.04 Å². The monoisotopic (exact) mass is 141 g/mol. The Hall–Kier alpha value is -0.340. The summed E-state index contributed by atoms with van der Waals surface area (Å²) in [5, 5.41) is 8.51. The van der Waals surface area contributed by atoms with Crippen LogP contribution in [0.3, 0.4) is 0 Å². The highest BCUT2D eigenvalue weighted by Gasteiger charge is 2.16. The van der Waals surface area contributed by atoms with Gasteiger partial charge < -0.3 is 5.11 Å². The van der Waals surface area contributed by atoms with E-state index in [1.807, 2.05) is 6.08 Å². The van der Waals surface area contributed by atoms with Crippen molar-refractivity contribution in [2.45, 2.75) is 18.9 Å². The number of hydrogen-bond acceptors (Lipinski definition) is 2. The average molecular weight is 141 g/mol. The molecule has 0 radical (unpaired) electrons. The van der Waals surface area contributed by atoms with Crippen LogP contribution in [0.25, 0.3) is 0 Å². The van der Waals surface area contributed by atoms with Crippen LogP contribution in [-0.2, 0) is 0 Å². The molecule has 1 saturated heterocycles. The van der Waals surface area contributed by atoms with Crippen molar-refractivity contribution >= 4 is 0 Å². The van der Waals surface area contributed by atoms with Gasteiger partial charge in [-0.3, -0.25) is 4.90 Å². The second kappa shape index (κ2) is 3.74. The molecular formula is C8H15NO. The Morgan fingerprint density at radius 2 is 2.50 bits per heavy atom. The van der Waals surface area contributed by atoms with Crippen LogP contribution in [-0.4, -0.2) is 36.2 Å². The molecule has 0 saturated carbocycles. The van der Waals surface area contributed by atoms with Gasteiger partial charge in [0.15, 0.2) is 0 Å². The van der Waals surface area contributed by atoms with Gasteiger partial charge in [0.25, 0.3) is 0 Å². The van der Waals surface area contributed by atoms with E-state index in [0.717, 1.165) is 0 Å². The van der Waals surface area contributed by atoms with E-state index in [1.54, 1.807) is 0 Å².